The lowest BCUT2D eigenvalue weighted by molar-refractivity contribution is -0.385. The number of nitrogens with zero attached hydrogens (tertiary/aromatic N) is 2. The van der Waals surface area contributed by atoms with E-state index in [1.807, 2.05) is 19.1 Å². The highest BCUT2D eigenvalue weighted by atomic mass is 16.6. The zero-order valence-corrected chi connectivity index (χ0v) is 14.3. The van der Waals surface area contributed by atoms with Crippen LogP contribution in [0.2, 0.25) is 0 Å². The molecular weight excluding hydrogens is 308 g/mol. The van der Waals surface area contributed by atoms with Crippen LogP contribution in [0.4, 0.5) is 11.4 Å². The average Bonchev–Trinajstić information content (AvgIpc) is 3.08. The summed E-state index contributed by atoms with van der Waals surface area (Å²) in [6, 6.07) is 5.31. The Bertz CT molecular complexity index is 564. The van der Waals surface area contributed by atoms with E-state index in [0.29, 0.717) is 30.3 Å². The van der Waals surface area contributed by atoms with E-state index in [1.54, 1.807) is 6.07 Å². The van der Waals surface area contributed by atoms with Gasteiger partial charge in [-0.3, -0.25) is 10.1 Å². The Morgan fingerprint density at radius 3 is 2.46 bits per heavy atom. The second-order valence-electron chi connectivity index (χ2n) is 6.54. The summed E-state index contributed by atoms with van der Waals surface area (Å²) in [4.78, 5) is 13.3. The highest BCUT2D eigenvalue weighted by Crippen LogP contribution is 2.38. The van der Waals surface area contributed by atoms with Crippen molar-refractivity contribution in [1.29, 1.82) is 0 Å². The van der Waals surface area contributed by atoms with Crippen molar-refractivity contribution in [3.63, 3.8) is 0 Å². The monoisotopic (exact) mass is 334 g/mol. The summed E-state index contributed by atoms with van der Waals surface area (Å²) in [5.41, 5.74) is 0.736. The minimum Gasteiger partial charge on any atom is -0.487 e. The third-order valence-corrected chi connectivity index (χ3v) is 4.93. The number of para-hydroxylation sites is 1. The summed E-state index contributed by atoms with van der Waals surface area (Å²) >= 11 is 0. The third kappa shape index (κ3) is 3.80. The third-order valence-electron chi connectivity index (χ3n) is 4.93. The van der Waals surface area contributed by atoms with Crippen LogP contribution in [0.15, 0.2) is 18.2 Å². The molecule has 6 nitrogen and oxygen atoms in total. The minimum atomic E-state index is -0.332. The fraction of sp³-hybridized carbons (Fsp3) is 0.667. The van der Waals surface area contributed by atoms with Gasteiger partial charge in [-0.15, -0.1) is 0 Å². The molecule has 1 aromatic rings. The highest BCUT2D eigenvalue weighted by Gasteiger charge is 2.29. The van der Waals surface area contributed by atoms with E-state index >= 15 is 0 Å². The smallest absolute Gasteiger partial charge is 0.333 e. The Morgan fingerprint density at radius 1 is 1.17 bits per heavy atom. The molecule has 0 radical (unpaired) electrons. The van der Waals surface area contributed by atoms with E-state index in [9.17, 15) is 10.1 Å². The Labute approximate surface area is 142 Å². The van der Waals surface area contributed by atoms with Crippen LogP contribution in [0.3, 0.4) is 0 Å². The lowest BCUT2D eigenvalue weighted by Crippen LogP contribution is -2.38. The zero-order valence-electron chi connectivity index (χ0n) is 14.3. The molecule has 2 aliphatic rings. The van der Waals surface area contributed by atoms with Gasteiger partial charge in [-0.25, -0.2) is 0 Å². The summed E-state index contributed by atoms with van der Waals surface area (Å²) < 4.78 is 11.6. The molecule has 2 fully saturated rings. The molecule has 3 rings (SSSR count). The van der Waals surface area contributed by atoms with Gasteiger partial charge in [0.2, 0.25) is 0 Å². The second kappa shape index (κ2) is 7.83. The molecule has 0 amide bonds. The van der Waals surface area contributed by atoms with Crippen molar-refractivity contribution >= 4 is 11.4 Å². The standard InChI is InChI=1S/C18H26N2O4/c1-2-23-17-9-5-8-16(18(17)20(21)22)19-12-10-15(11-13-19)24-14-6-3-4-7-14/h5,8-9,14-15H,2-4,6-7,10-13H2,1H3. The van der Waals surface area contributed by atoms with Crippen molar-refractivity contribution in [2.24, 2.45) is 0 Å². The van der Waals surface area contributed by atoms with E-state index in [2.05, 4.69) is 4.90 Å². The van der Waals surface area contributed by atoms with Gasteiger partial charge in [0.25, 0.3) is 0 Å². The maximum atomic E-state index is 11.5. The zero-order chi connectivity index (χ0) is 16.9. The van der Waals surface area contributed by atoms with E-state index in [4.69, 9.17) is 9.47 Å². The molecule has 6 heteroatoms. The Hall–Kier alpha value is -1.82. The predicted octanol–water partition coefficient (Wildman–Crippen LogP) is 3.92. The lowest BCUT2D eigenvalue weighted by Gasteiger charge is -2.34. The maximum absolute atomic E-state index is 11.5. The molecule has 0 N–H and O–H groups in total. The molecule has 1 aliphatic carbocycles. The van der Waals surface area contributed by atoms with Crippen molar-refractivity contribution in [3.05, 3.63) is 28.3 Å². The molecule has 1 aromatic carbocycles. The molecule has 1 aliphatic heterocycles. The summed E-state index contributed by atoms with van der Waals surface area (Å²) in [6.45, 7) is 3.82. The first kappa shape index (κ1) is 17.0. The number of hydrogen-bond acceptors (Lipinski definition) is 5. The van der Waals surface area contributed by atoms with E-state index in [0.717, 1.165) is 25.9 Å². The van der Waals surface area contributed by atoms with Gasteiger partial charge < -0.3 is 14.4 Å². The van der Waals surface area contributed by atoms with Gasteiger partial charge in [-0.2, -0.15) is 0 Å². The second-order valence-corrected chi connectivity index (χ2v) is 6.54. The van der Waals surface area contributed by atoms with Crippen molar-refractivity contribution in [1.82, 2.24) is 0 Å². The van der Waals surface area contributed by atoms with Crippen LogP contribution in [0.5, 0.6) is 5.75 Å². The first-order chi connectivity index (χ1) is 11.7. The number of nitro groups is 1. The molecule has 1 saturated carbocycles. The minimum absolute atomic E-state index is 0.0783. The van der Waals surface area contributed by atoms with Crippen molar-refractivity contribution < 1.29 is 14.4 Å². The molecule has 1 saturated heterocycles. The summed E-state index contributed by atoms with van der Waals surface area (Å²) in [5.74, 6) is 0.351. The van der Waals surface area contributed by atoms with Gasteiger partial charge in [0, 0.05) is 13.1 Å². The van der Waals surface area contributed by atoms with Crippen LogP contribution in [0.1, 0.15) is 45.4 Å². The summed E-state index contributed by atoms with van der Waals surface area (Å²) in [6.07, 6.45) is 7.49. The number of piperidine rings is 1. The SMILES string of the molecule is CCOc1cccc(N2CCC(OC3CCCC3)CC2)c1[N+](=O)[O-]. The van der Waals surface area contributed by atoms with E-state index < -0.39 is 0 Å². The molecule has 24 heavy (non-hydrogen) atoms. The first-order valence-corrected chi connectivity index (χ1v) is 8.99. The Balaban J connectivity index is 1.67. The quantitative estimate of drug-likeness (QED) is 0.583. The highest BCUT2D eigenvalue weighted by molar-refractivity contribution is 5.70. The number of anilines is 1. The normalized spacial score (nSPS) is 19.6. The molecule has 132 valence electrons. The topological polar surface area (TPSA) is 64.8 Å². The number of rotatable bonds is 6. The fourth-order valence-electron chi connectivity index (χ4n) is 3.75. The summed E-state index contributed by atoms with van der Waals surface area (Å²) in [7, 11) is 0. The first-order valence-electron chi connectivity index (χ1n) is 8.99. The van der Waals surface area contributed by atoms with Crippen molar-refractivity contribution in [2.75, 3.05) is 24.6 Å². The fourth-order valence-corrected chi connectivity index (χ4v) is 3.75. The molecule has 0 unspecified atom stereocenters. The van der Waals surface area contributed by atoms with E-state index in [-0.39, 0.29) is 10.6 Å². The number of ether oxygens (including phenoxy) is 2. The maximum Gasteiger partial charge on any atom is 0.333 e. The molecule has 0 bridgehead atoms. The number of nitro benzene ring substituents is 1. The van der Waals surface area contributed by atoms with Crippen LogP contribution < -0.4 is 9.64 Å². The van der Waals surface area contributed by atoms with Crippen LogP contribution in [-0.2, 0) is 4.74 Å². The van der Waals surface area contributed by atoms with Crippen molar-refractivity contribution in [3.8, 4) is 5.75 Å². The van der Waals surface area contributed by atoms with Crippen LogP contribution in [-0.4, -0.2) is 36.8 Å². The molecular formula is C18H26N2O4. The molecule has 0 atom stereocenters. The number of hydrogen-bond donors (Lipinski definition) is 0. The Kier molecular flexibility index (Phi) is 5.56. The van der Waals surface area contributed by atoms with Gasteiger partial charge in [-0.05, 0) is 44.7 Å². The lowest BCUT2D eigenvalue weighted by atomic mass is 10.1. The van der Waals surface area contributed by atoms with Gasteiger partial charge in [-0.1, -0.05) is 18.9 Å². The molecule has 0 aromatic heterocycles. The van der Waals surface area contributed by atoms with Gasteiger partial charge in [0.1, 0.15) is 5.69 Å². The van der Waals surface area contributed by atoms with Crippen LogP contribution >= 0.6 is 0 Å². The van der Waals surface area contributed by atoms with Gasteiger partial charge >= 0.3 is 5.69 Å². The van der Waals surface area contributed by atoms with Gasteiger partial charge in [0.05, 0.1) is 23.7 Å². The van der Waals surface area contributed by atoms with Crippen LogP contribution in [0.25, 0.3) is 0 Å². The molecule has 0 spiro atoms. The largest absolute Gasteiger partial charge is 0.487 e. The van der Waals surface area contributed by atoms with E-state index in [1.165, 1.54) is 25.7 Å². The Morgan fingerprint density at radius 2 is 1.83 bits per heavy atom. The van der Waals surface area contributed by atoms with Crippen molar-refractivity contribution in [2.45, 2.75) is 57.7 Å². The molecule has 1 heterocycles. The van der Waals surface area contributed by atoms with Gasteiger partial charge in [0.15, 0.2) is 5.75 Å². The predicted molar refractivity (Wildman–Crippen MR) is 92.8 cm³/mol. The average molecular weight is 334 g/mol. The summed E-state index contributed by atoms with van der Waals surface area (Å²) in [5, 5.41) is 11.5. The number of benzene rings is 1. The van der Waals surface area contributed by atoms with Crippen LogP contribution in [0, 0.1) is 10.1 Å².